The van der Waals surface area contributed by atoms with Gasteiger partial charge in [-0.1, -0.05) is 6.07 Å². The molecule has 0 aliphatic rings. The number of hydrogen-bond acceptors (Lipinski definition) is 5. The maximum atomic E-state index is 5.41. The quantitative estimate of drug-likeness (QED) is 0.533. The summed E-state index contributed by atoms with van der Waals surface area (Å²) in [6.45, 7) is 5.29. The Morgan fingerprint density at radius 1 is 0.893 bits per heavy atom. The van der Waals surface area contributed by atoms with E-state index in [2.05, 4.69) is 21.7 Å². The van der Waals surface area contributed by atoms with E-state index in [-0.39, 0.29) is 0 Å². The molecule has 0 bridgehead atoms. The monoisotopic (exact) mass is 387 g/mol. The Hall–Kier alpha value is -3.09. The zero-order valence-corrected chi connectivity index (χ0v) is 17.4. The molecule has 0 heterocycles. The highest BCUT2D eigenvalue weighted by Gasteiger charge is 2.14. The predicted octanol–water partition coefficient (Wildman–Crippen LogP) is 3.61. The molecule has 7 heteroatoms. The molecule has 0 saturated heterocycles. The summed E-state index contributed by atoms with van der Waals surface area (Å²) in [6, 6.07) is 9.74. The highest BCUT2D eigenvalue weighted by atomic mass is 16.5. The van der Waals surface area contributed by atoms with Crippen LogP contribution in [-0.4, -0.2) is 40.9 Å². The van der Waals surface area contributed by atoms with Gasteiger partial charge in [-0.2, -0.15) is 0 Å². The van der Waals surface area contributed by atoms with Gasteiger partial charge in [-0.15, -0.1) is 0 Å². The number of hydrogen-bond donors (Lipinski definition) is 2. The number of ether oxygens (including phenoxy) is 4. The molecule has 0 aliphatic heterocycles. The normalized spacial score (nSPS) is 11.0. The Balaban J connectivity index is 2.27. The molecule has 0 aromatic heterocycles. The van der Waals surface area contributed by atoms with Crippen molar-refractivity contribution in [1.82, 2.24) is 5.32 Å². The summed E-state index contributed by atoms with van der Waals surface area (Å²) in [5, 5.41) is 6.53. The number of guanidine groups is 1. The molecule has 0 radical (unpaired) electrons. The molecule has 0 fully saturated rings. The molecule has 2 aromatic carbocycles. The van der Waals surface area contributed by atoms with Gasteiger partial charge in [0.05, 0.1) is 35.0 Å². The van der Waals surface area contributed by atoms with E-state index in [1.165, 1.54) is 0 Å². The summed E-state index contributed by atoms with van der Waals surface area (Å²) >= 11 is 0. The predicted molar refractivity (Wildman–Crippen MR) is 112 cm³/mol. The maximum absolute atomic E-state index is 5.41. The summed E-state index contributed by atoms with van der Waals surface area (Å²) in [6.07, 6.45) is 0. The molecule has 0 atom stereocenters. The molecule has 0 unspecified atom stereocenters. The van der Waals surface area contributed by atoms with Gasteiger partial charge in [-0.25, -0.2) is 4.99 Å². The summed E-state index contributed by atoms with van der Waals surface area (Å²) in [5.74, 6) is 3.17. The van der Waals surface area contributed by atoms with Crippen LogP contribution in [0, 0.1) is 6.92 Å². The van der Waals surface area contributed by atoms with E-state index in [9.17, 15) is 0 Å². The van der Waals surface area contributed by atoms with Crippen LogP contribution in [0.3, 0.4) is 0 Å². The van der Waals surface area contributed by atoms with Gasteiger partial charge in [0, 0.05) is 24.4 Å². The highest BCUT2D eigenvalue weighted by Crippen LogP contribution is 2.39. The topological polar surface area (TPSA) is 73.3 Å². The molecule has 0 saturated carbocycles. The summed E-state index contributed by atoms with van der Waals surface area (Å²) in [5.41, 5.74) is 2.97. The molecular formula is C21H29N3O4. The van der Waals surface area contributed by atoms with E-state index in [1.54, 1.807) is 28.4 Å². The van der Waals surface area contributed by atoms with Crippen LogP contribution in [0.25, 0.3) is 0 Å². The molecule has 2 rings (SSSR count). The van der Waals surface area contributed by atoms with E-state index in [0.717, 1.165) is 29.1 Å². The summed E-state index contributed by atoms with van der Waals surface area (Å²) in [7, 11) is 6.42. The minimum absolute atomic E-state index is 0.512. The van der Waals surface area contributed by atoms with E-state index in [1.807, 2.05) is 38.1 Å². The zero-order valence-electron chi connectivity index (χ0n) is 17.4. The second-order valence-corrected chi connectivity index (χ2v) is 6.09. The van der Waals surface area contributed by atoms with Crippen LogP contribution in [-0.2, 0) is 6.54 Å². The number of aliphatic imine (C=N–C) groups is 1. The molecule has 0 aliphatic carbocycles. The van der Waals surface area contributed by atoms with Gasteiger partial charge in [-0.05, 0) is 37.1 Å². The molecule has 7 nitrogen and oxygen atoms in total. The number of rotatable bonds is 8. The van der Waals surface area contributed by atoms with Crippen molar-refractivity contribution in [2.24, 2.45) is 4.99 Å². The third-order valence-corrected chi connectivity index (χ3v) is 4.04. The van der Waals surface area contributed by atoms with Crippen molar-refractivity contribution >= 4 is 11.6 Å². The molecule has 152 valence electrons. The Labute approximate surface area is 166 Å². The Bertz CT molecular complexity index is 796. The fraction of sp³-hybridized carbons (Fsp3) is 0.381. The lowest BCUT2D eigenvalue weighted by Gasteiger charge is -2.16. The van der Waals surface area contributed by atoms with Crippen molar-refractivity contribution in [3.05, 3.63) is 41.5 Å². The van der Waals surface area contributed by atoms with Crippen LogP contribution in [0.2, 0.25) is 0 Å². The van der Waals surface area contributed by atoms with Crippen LogP contribution in [0.5, 0.6) is 23.0 Å². The standard InChI is InChI=1S/C21H29N3O4/c1-7-22-21(23-13-15-8-14(2)9-17(10-15)25-3)24-16-11-18(26-4)20(28-6)19(12-16)27-5/h8-12H,7,13H2,1-6H3,(H2,22,23,24). The van der Waals surface area contributed by atoms with E-state index in [0.29, 0.717) is 29.8 Å². The lowest BCUT2D eigenvalue weighted by molar-refractivity contribution is 0.324. The number of anilines is 1. The van der Waals surface area contributed by atoms with Gasteiger partial charge in [0.25, 0.3) is 0 Å². The van der Waals surface area contributed by atoms with Crippen molar-refractivity contribution < 1.29 is 18.9 Å². The van der Waals surface area contributed by atoms with Crippen LogP contribution >= 0.6 is 0 Å². The van der Waals surface area contributed by atoms with Gasteiger partial charge in [0.1, 0.15) is 5.75 Å². The van der Waals surface area contributed by atoms with Crippen molar-refractivity contribution in [3.63, 3.8) is 0 Å². The van der Waals surface area contributed by atoms with Crippen LogP contribution in [0.15, 0.2) is 35.3 Å². The SMILES string of the molecule is CCNC(=NCc1cc(C)cc(OC)c1)Nc1cc(OC)c(OC)c(OC)c1. The van der Waals surface area contributed by atoms with Gasteiger partial charge in [0.2, 0.25) is 5.75 Å². The average Bonchev–Trinajstić information content (AvgIpc) is 2.70. The van der Waals surface area contributed by atoms with Crippen LogP contribution in [0.4, 0.5) is 5.69 Å². The van der Waals surface area contributed by atoms with Crippen molar-refractivity contribution in [2.75, 3.05) is 40.3 Å². The van der Waals surface area contributed by atoms with E-state index in [4.69, 9.17) is 18.9 Å². The van der Waals surface area contributed by atoms with Crippen molar-refractivity contribution in [1.29, 1.82) is 0 Å². The molecule has 0 amide bonds. The fourth-order valence-corrected chi connectivity index (χ4v) is 2.80. The first kappa shape index (κ1) is 21.2. The van der Waals surface area contributed by atoms with Gasteiger partial charge >= 0.3 is 0 Å². The first-order chi connectivity index (χ1) is 13.5. The Morgan fingerprint density at radius 2 is 1.57 bits per heavy atom. The molecular weight excluding hydrogens is 358 g/mol. The minimum Gasteiger partial charge on any atom is -0.497 e. The first-order valence-electron chi connectivity index (χ1n) is 9.04. The molecule has 2 aromatic rings. The second-order valence-electron chi connectivity index (χ2n) is 6.09. The number of methoxy groups -OCH3 is 4. The van der Waals surface area contributed by atoms with Crippen molar-refractivity contribution in [2.45, 2.75) is 20.4 Å². The van der Waals surface area contributed by atoms with E-state index >= 15 is 0 Å². The average molecular weight is 387 g/mol. The second kappa shape index (κ2) is 10.3. The van der Waals surface area contributed by atoms with Crippen LogP contribution < -0.4 is 29.6 Å². The van der Waals surface area contributed by atoms with Gasteiger partial charge in [-0.3, -0.25) is 0 Å². The third kappa shape index (κ3) is 5.45. The number of nitrogens with zero attached hydrogens (tertiary/aromatic N) is 1. The number of aryl methyl sites for hydroxylation is 1. The lowest BCUT2D eigenvalue weighted by Crippen LogP contribution is -2.30. The largest absolute Gasteiger partial charge is 0.497 e. The number of benzene rings is 2. The van der Waals surface area contributed by atoms with Gasteiger partial charge < -0.3 is 29.6 Å². The maximum Gasteiger partial charge on any atom is 0.203 e. The van der Waals surface area contributed by atoms with E-state index < -0.39 is 0 Å². The molecule has 28 heavy (non-hydrogen) atoms. The first-order valence-corrected chi connectivity index (χ1v) is 9.04. The summed E-state index contributed by atoms with van der Waals surface area (Å²) in [4.78, 5) is 4.68. The Kier molecular flexibility index (Phi) is 7.80. The van der Waals surface area contributed by atoms with Crippen molar-refractivity contribution in [3.8, 4) is 23.0 Å². The smallest absolute Gasteiger partial charge is 0.203 e. The summed E-state index contributed by atoms with van der Waals surface area (Å²) < 4.78 is 21.5. The van der Waals surface area contributed by atoms with Crippen LogP contribution in [0.1, 0.15) is 18.1 Å². The molecule has 2 N–H and O–H groups in total. The Morgan fingerprint density at radius 3 is 2.11 bits per heavy atom. The fourth-order valence-electron chi connectivity index (χ4n) is 2.80. The van der Waals surface area contributed by atoms with Gasteiger partial charge in [0.15, 0.2) is 17.5 Å². The highest BCUT2D eigenvalue weighted by molar-refractivity contribution is 5.94. The zero-order chi connectivity index (χ0) is 20.5. The number of nitrogens with one attached hydrogen (secondary N) is 2. The lowest BCUT2D eigenvalue weighted by atomic mass is 10.1. The minimum atomic E-state index is 0.512. The molecule has 0 spiro atoms. The third-order valence-electron chi connectivity index (χ3n) is 4.04.